The number of hydrogen-bond donors (Lipinski definition) is 3. The van der Waals surface area contributed by atoms with Gasteiger partial charge in [-0.25, -0.2) is 0 Å². The normalized spacial score (nSPS) is 12.5. The van der Waals surface area contributed by atoms with E-state index >= 15 is 0 Å². The Bertz CT molecular complexity index is 352. The van der Waals surface area contributed by atoms with Gasteiger partial charge in [-0.2, -0.15) is 4.98 Å². The Hall–Kier alpha value is -1.49. The summed E-state index contributed by atoms with van der Waals surface area (Å²) in [4.78, 5) is 4.28. The Balaban J connectivity index is 2.80. The monoisotopic (exact) mass is 239 g/mol. The molecule has 0 saturated carbocycles. The summed E-state index contributed by atoms with van der Waals surface area (Å²) in [6, 6.07) is 3.52. The molecule has 1 atom stereocenters. The summed E-state index contributed by atoms with van der Waals surface area (Å²) in [5.74, 6) is 1.09. The average molecular weight is 239 g/mol. The quantitative estimate of drug-likeness (QED) is 0.703. The molecular formula is C12H21N3O2. The van der Waals surface area contributed by atoms with Gasteiger partial charge < -0.3 is 20.9 Å². The summed E-state index contributed by atoms with van der Waals surface area (Å²) < 4.78 is 5.50. The fourth-order valence-electron chi connectivity index (χ4n) is 1.34. The summed E-state index contributed by atoms with van der Waals surface area (Å²) in [6.45, 7) is 5.91. The first-order valence-electron chi connectivity index (χ1n) is 5.87. The average Bonchev–Trinajstić information content (AvgIpc) is 2.29. The Labute approximate surface area is 102 Å². The molecule has 1 rings (SSSR count). The number of hydrogen-bond acceptors (Lipinski definition) is 5. The maximum atomic E-state index is 9.11. The van der Waals surface area contributed by atoms with Crippen LogP contribution in [0.5, 0.6) is 5.88 Å². The fourth-order valence-corrected chi connectivity index (χ4v) is 1.34. The number of aliphatic hydroxyl groups is 1. The van der Waals surface area contributed by atoms with Crippen molar-refractivity contribution in [3.8, 4) is 5.88 Å². The number of aromatic nitrogens is 1. The molecule has 17 heavy (non-hydrogen) atoms. The minimum atomic E-state index is -0.00183. The first-order valence-corrected chi connectivity index (χ1v) is 5.87. The van der Waals surface area contributed by atoms with Crippen LogP contribution in [0.3, 0.4) is 0 Å². The predicted molar refractivity (Wildman–Crippen MR) is 69.2 cm³/mol. The zero-order valence-corrected chi connectivity index (χ0v) is 10.6. The third kappa shape index (κ3) is 4.11. The van der Waals surface area contributed by atoms with Crippen molar-refractivity contribution >= 4 is 11.5 Å². The van der Waals surface area contributed by atoms with Crippen LogP contribution in [-0.2, 0) is 0 Å². The first kappa shape index (κ1) is 13.6. The highest BCUT2D eigenvalue weighted by molar-refractivity contribution is 5.53. The molecule has 0 saturated heterocycles. The highest BCUT2D eigenvalue weighted by Crippen LogP contribution is 2.22. The lowest BCUT2D eigenvalue weighted by atomic mass is 10.2. The molecule has 0 aromatic carbocycles. The van der Waals surface area contributed by atoms with Gasteiger partial charge in [0.25, 0.3) is 0 Å². The van der Waals surface area contributed by atoms with Gasteiger partial charge in [-0.3, -0.25) is 0 Å². The number of nitrogens with two attached hydrogens (primary N) is 1. The smallest absolute Gasteiger partial charge is 0.239 e. The number of nitrogens with zero attached hydrogens (tertiary/aromatic N) is 1. The van der Waals surface area contributed by atoms with Crippen LogP contribution in [0, 0.1) is 0 Å². The van der Waals surface area contributed by atoms with Crippen LogP contribution in [0.15, 0.2) is 12.1 Å². The summed E-state index contributed by atoms with van der Waals surface area (Å²) in [6.07, 6.45) is 0.850. The van der Waals surface area contributed by atoms with Crippen LogP contribution in [0.4, 0.5) is 11.5 Å². The third-order valence-corrected chi connectivity index (χ3v) is 2.30. The van der Waals surface area contributed by atoms with Gasteiger partial charge >= 0.3 is 0 Å². The third-order valence-electron chi connectivity index (χ3n) is 2.30. The SMILES string of the molecule is CCC(CO)Nc1ccc(N)c(OC(C)C)n1. The van der Waals surface area contributed by atoms with Crippen molar-refractivity contribution in [2.24, 2.45) is 0 Å². The van der Waals surface area contributed by atoms with Crippen LogP contribution in [0.2, 0.25) is 0 Å². The van der Waals surface area contributed by atoms with Gasteiger partial charge in [0.2, 0.25) is 5.88 Å². The van der Waals surface area contributed by atoms with Crippen LogP contribution < -0.4 is 15.8 Å². The van der Waals surface area contributed by atoms with Gasteiger partial charge in [-0.15, -0.1) is 0 Å². The van der Waals surface area contributed by atoms with Gasteiger partial charge in [0.1, 0.15) is 5.82 Å². The summed E-state index contributed by atoms with van der Waals surface area (Å²) in [5.41, 5.74) is 6.28. The van der Waals surface area contributed by atoms with Crippen molar-refractivity contribution in [2.75, 3.05) is 17.7 Å². The summed E-state index contributed by atoms with van der Waals surface area (Å²) >= 11 is 0. The maximum absolute atomic E-state index is 9.11. The zero-order valence-electron chi connectivity index (χ0n) is 10.6. The predicted octanol–water partition coefficient (Wildman–Crippen LogP) is 1.63. The van der Waals surface area contributed by atoms with Crippen molar-refractivity contribution in [2.45, 2.75) is 39.3 Å². The number of nitrogens with one attached hydrogen (secondary N) is 1. The standard InChI is InChI=1S/C12H21N3O2/c1-4-9(7-16)14-11-6-5-10(13)12(15-11)17-8(2)3/h5-6,8-9,16H,4,7,13H2,1-3H3,(H,14,15). The molecular weight excluding hydrogens is 218 g/mol. The van der Waals surface area contributed by atoms with Crippen molar-refractivity contribution in [1.82, 2.24) is 4.98 Å². The van der Waals surface area contributed by atoms with E-state index in [-0.39, 0.29) is 18.8 Å². The lowest BCUT2D eigenvalue weighted by Gasteiger charge is -2.17. The molecule has 1 aromatic heterocycles. The molecule has 0 radical (unpaired) electrons. The molecule has 4 N–H and O–H groups in total. The highest BCUT2D eigenvalue weighted by Gasteiger charge is 2.09. The van der Waals surface area contributed by atoms with Crippen molar-refractivity contribution in [3.05, 3.63) is 12.1 Å². The number of aliphatic hydroxyl groups excluding tert-OH is 1. The summed E-state index contributed by atoms with van der Waals surface area (Å²) in [5, 5.41) is 12.2. The largest absolute Gasteiger partial charge is 0.473 e. The minimum absolute atomic E-state index is 0.00183. The molecule has 5 nitrogen and oxygen atoms in total. The number of nitrogen functional groups attached to an aromatic ring is 1. The topological polar surface area (TPSA) is 80.4 Å². The molecule has 0 aliphatic rings. The van der Waals surface area contributed by atoms with E-state index < -0.39 is 0 Å². The van der Waals surface area contributed by atoms with Crippen LogP contribution in [-0.4, -0.2) is 28.8 Å². The van der Waals surface area contributed by atoms with Crippen LogP contribution in [0.25, 0.3) is 0 Å². The van der Waals surface area contributed by atoms with Crippen molar-refractivity contribution in [1.29, 1.82) is 0 Å². The number of anilines is 2. The molecule has 0 amide bonds. The van der Waals surface area contributed by atoms with E-state index in [0.29, 0.717) is 17.4 Å². The van der Waals surface area contributed by atoms with Gasteiger partial charge in [0, 0.05) is 0 Å². The van der Waals surface area contributed by atoms with E-state index in [1.807, 2.05) is 20.8 Å². The highest BCUT2D eigenvalue weighted by atomic mass is 16.5. The molecule has 1 heterocycles. The first-order chi connectivity index (χ1) is 8.06. The fraction of sp³-hybridized carbons (Fsp3) is 0.583. The van der Waals surface area contributed by atoms with Crippen molar-refractivity contribution in [3.63, 3.8) is 0 Å². The number of pyridine rings is 1. The second-order valence-corrected chi connectivity index (χ2v) is 4.19. The number of ether oxygens (including phenoxy) is 1. The van der Waals surface area contributed by atoms with Gasteiger partial charge in [-0.1, -0.05) is 6.92 Å². The molecule has 0 spiro atoms. The van der Waals surface area contributed by atoms with Crippen molar-refractivity contribution < 1.29 is 9.84 Å². The lowest BCUT2D eigenvalue weighted by molar-refractivity contribution is 0.234. The molecule has 1 unspecified atom stereocenters. The van der Waals surface area contributed by atoms with E-state index in [1.165, 1.54) is 0 Å². The van der Waals surface area contributed by atoms with Gasteiger partial charge in [0.05, 0.1) is 24.4 Å². The van der Waals surface area contributed by atoms with Crippen LogP contribution >= 0.6 is 0 Å². The Morgan fingerprint density at radius 1 is 1.47 bits per heavy atom. The van der Waals surface area contributed by atoms with E-state index in [4.69, 9.17) is 15.6 Å². The molecule has 96 valence electrons. The molecule has 0 aliphatic heterocycles. The van der Waals surface area contributed by atoms with Gasteiger partial charge in [0.15, 0.2) is 0 Å². The maximum Gasteiger partial charge on any atom is 0.239 e. The Morgan fingerprint density at radius 2 is 2.18 bits per heavy atom. The van der Waals surface area contributed by atoms with Gasteiger partial charge in [-0.05, 0) is 32.4 Å². The van der Waals surface area contributed by atoms with E-state index in [2.05, 4.69) is 10.3 Å². The zero-order chi connectivity index (χ0) is 12.8. The minimum Gasteiger partial charge on any atom is -0.473 e. The Kier molecular flexibility index (Phi) is 5.03. The van der Waals surface area contributed by atoms with E-state index in [0.717, 1.165) is 6.42 Å². The molecule has 5 heteroatoms. The van der Waals surface area contributed by atoms with E-state index in [1.54, 1.807) is 12.1 Å². The van der Waals surface area contributed by atoms with E-state index in [9.17, 15) is 0 Å². The molecule has 0 bridgehead atoms. The Morgan fingerprint density at radius 3 is 2.71 bits per heavy atom. The molecule has 1 aromatic rings. The lowest BCUT2D eigenvalue weighted by Crippen LogP contribution is -2.23. The number of rotatable bonds is 6. The summed E-state index contributed by atoms with van der Waals surface area (Å²) in [7, 11) is 0. The second-order valence-electron chi connectivity index (χ2n) is 4.19. The molecule has 0 fully saturated rings. The second kappa shape index (κ2) is 6.30. The molecule has 0 aliphatic carbocycles. The van der Waals surface area contributed by atoms with Crippen LogP contribution in [0.1, 0.15) is 27.2 Å².